The van der Waals surface area contributed by atoms with Gasteiger partial charge in [-0.3, -0.25) is 8.97 Å². The predicted molar refractivity (Wildman–Crippen MR) is 140 cm³/mol. The Bertz CT molecular complexity index is 1790. The largest absolute Gasteiger partial charge is 0.278 e. The molecule has 0 unspecified atom stereocenters. The minimum atomic E-state index is 0.930. The Labute approximate surface area is 197 Å². The van der Waals surface area contributed by atoms with Crippen LogP contribution in [0.3, 0.4) is 0 Å². The summed E-state index contributed by atoms with van der Waals surface area (Å²) in [6.45, 7) is 0. The second-order valence-electron chi connectivity index (χ2n) is 8.55. The van der Waals surface area contributed by atoms with E-state index in [2.05, 4.69) is 124 Å². The van der Waals surface area contributed by atoms with Gasteiger partial charge in [0.2, 0.25) is 5.78 Å². The van der Waals surface area contributed by atoms with Crippen LogP contribution in [0.25, 0.3) is 55.8 Å². The second kappa shape index (κ2) is 7.46. The molecule has 0 saturated carbocycles. The summed E-state index contributed by atoms with van der Waals surface area (Å²) in [7, 11) is 0. The first-order valence-electron chi connectivity index (χ1n) is 11.5. The minimum Gasteiger partial charge on any atom is -0.278 e. The highest BCUT2D eigenvalue weighted by Crippen LogP contribution is 2.31. The van der Waals surface area contributed by atoms with Crippen molar-refractivity contribution in [3.8, 4) is 27.9 Å². The van der Waals surface area contributed by atoms with E-state index in [1.807, 2.05) is 12.1 Å². The lowest BCUT2D eigenvalue weighted by Gasteiger charge is -2.09. The van der Waals surface area contributed by atoms with Crippen molar-refractivity contribution in [1.29, 1.82) is 0 Å². The van der Waals surface area contributed by atoms with Crippen LogP contribution in [0.4, 0.5) is 0 Å². The van der Waals surface area contributed by atoms with Gasteiger partial charge in [0.05, 0.1) is 22.1 Å². The molecule has 7 aromatic rings. The van der Waals surface area contributed by atoms with Gasteiger partial charge in [-0.05, 0) is 58.7 Å². The first-order chi connectivity index (χ1) is 16.9. The van der Waals surface area contributed by atoms with Crippen molar-refractivity contribution >= 4 is 27.8 Å². The van der Waals surface area contributed by atoms with Gasteiger partial charge in [-0.2, -0.15) is 0 Å². The van der Waals surface area contributed by atoms with Gasteiger partial charge in [0.15, 0.2) is 0 Å². The fourth-order valence-electron chi connectivity index (χ4n) is 4.92. The van der Waals surface area contributed by atoms with Gasteiger partial charge < -0.3 is 0 Å². The predicted octanol–water partition coefficient (Wildman–Crippen LogP) is 7.77. The van der Waals surface area contributed by atoms with Crippen molar-refractivity contribution in [1.82, 2.24) is 14.0 Å². The zero-order valence-corrected chi connectivity index (χ0v) is 18.5. The Kier molecular flexibility index (Phi) is 4.15. The van der Waals surface area contributed by atoms with Gasteiger partial charge >= 0.3 is 0 Å². The van der Waals surface area contributed by atoms with Crippen molar-refractivity contribution in [3.05, 3.63) is 127 Å². The number of fused-ring (bicyclic) bond motifs is 5. The molecule has 0 bridgehead atoms. The first kappa shape index (κ1) is 18.9. The number of nitrogens with zero attached hydrogens (tertiary/aromatic N) is 3. The van der Waals surface area contributed by atoms with E-state index in [0.29, 0.717) is 0 Å². The first-order valence-corrected chi connectivity index (χ1v) is 11.5. The maximum atomic E-state index is 5.00. The Balaban J connectivity index is 1.39. The number of rotatable bonds is 3. The highest BCUT2D eigenvalue weighted by molar-refractivity contribution is 5.92. The number of hydrogen-bond acceptors (Lipinski definition) is 1. The topological polar surface area (TPSA) is 22.2 Å². The Morgan fingerprint density at radius 3 is 1.82 bits per heavy atom. The number of imidazole rings is 2. The van der Waals surface area contributed by atoms with Crippen LogP contribution in [0, 0.1) is 0 Å². The van der Waals surface area contributed by atoms with Crippen molar-refractivity contribution in [2.24, 2.45) is 0 Å². The molecule has 3 nitrogen and oxygen atoms in total. The van der Waals surface area contributed by atoms with E-state index in [1.165, 1.54) is 22.3 Å². The number of hydrogen-bond donors (Lipinski definition) is 0. The van der Waals surface area contributed by atoms with Crippen molar-refractivity contribution in [2.45, 2.75) is 0 Å². The third kappa shape index (κ3) is 2.87. The lowest BCUT2D eigenvalue weighted by atomic mass is 10.00. The molecule has 7 rings (SSSR count). The third-order valence-corrected chi connectivity index (χ3v) is 6.54. The molecular formula is C31H21N3. The smallest absolute Gasteiger partial charge is 0.220 e. The summed E-state index contributed by atoms with van der Waals surface area (Å²) in [6, 6.07) is 44.8. The summed E-state index contributed by atoms with van der Waals surface area (Å²) in [5.41, 5.74) is 10.4. The average Bonchev–Trinajstić information content (AvgIpc) is 3.44. The summed E-state index contributed by atoms with van der Waals surface area (Å²) in [6.07, 6.45) is 0. The fraction of sp³-hybridized carbons (Fsp3) is 0. The van der Waals surface area contributed by atoms with E-state index in [1.54, 1.807) is 0 Å². The molecule has 0 radical (unpaired) electrons. The summed E-state index contributed by atoms with van der Waals surface area (Å²) in [5.74, 6) is 0.930. The highest BCUT2D eigenvalue weighted by atomic mass is 15.2. The van der Waals surface area contributed by atoms with Gasteiger partial charge in [-0.25, -0.2) is 4.98 Å². The fourth-order valence-corrected chi connectivity index (χ4v) is 4.92. The molecule has 0 spiro atoms. The van der Waals surface area contributed by atoms with Crippen LogP contribution in [0.5, 0.6) is 0 Å². The molecule has 0 amide bonds. The summed E-state index contributed by atoms with van der Waals surface area (Å²) in [4.78, 5) is 5.00. The molecule has 160 valence electrons. The van der Waals surface area contributed by atoms with Gasteiger partial charge in [-0.15, -0.1) is 0 Å². The van der Waals surface area contributed by atoms with Crippen LogP contribution < -0.4 is 0 Å². The van der Waals surface area contributed by atoms with Crippen LogP contribution in [0.1, 0.15) is 0 Å². The molecule has 2 aromatic heterocycles. The van der Waals surface area contributed by atoms with Gasteiger partial charge in [0, 0.05) is 5.69 Å². The minimum absolute atomic E-state index is 0.930. The Hall–Kier alpha value is -4.63. The molecule has 3 heteroatoms. The average molecular weight is 436 g/mol. The zero-order valence-electron chi connectivity index (χ0n) is 18.5. The summed E-state index contributed by atoms with van der Waals surface area (Å²) < 4.78 is 4.52. The maximum Gasteiger partial charge on any atom is 0.220 e. The normalized spacial score (nSPS) is 11.5. The summed E-state index contributed by atoms with van der Waals surface area (Å²) >= 11 is 0. The van der Waals surface area contributed by atoms with Crippen molar-refractivity contribution in [2.75, 3.05) is 0 Å². The van der Waals surface area contributed by atoms with Crippen molar-refractivity contribution in [3.63, 3.8) is 0 Å². The van der Waals surface area contributed by atoms with E-state index in [4.69, 9.17) is 4.98 Å². The Morgan fingerprint density at radius 2 is 1.03 bits per heavy atom. The van der Waals surface area contributed by atoms with Gasteiger partial charge in [-0.1, -0.05) is 91.0 Å². The van der Waals surface area contributed by atoms with Crippen LogP contribution in [-0.2, 0) is 0 Å². The molecule has 34 heavy (non-hydrogen) atoms. The highest BCUT2D eigenvalue weighted by Gasteiger charge is 2.16. The van der Waals surface area contributed by atoms with E-state index in [9.17, 15) is 0 Å². The van der Waals surface area contributed by atoms with Crippen LogP contribution >= 0.6 is 0 Å². The number of benzene rings is 5. The summed E-state index contributed by atoms with van der Waals surface area (Å²) in [5, 5.41) is 0. The van der Waals surface area contributed by atoms with Crippen LogP contribution in [-0.4, -0.2) is 14.0 Å². The lowest BCUT2D eigenvalue weighted by molar-refractivity contribution is 1.11. The monoisotopic (exact) mass is 435 g/mol. The molecule has 5 aromatic carbocycles. The molecule has 2 heterocycles. The molecule has 0 aliphatic heterocycles. The van der Waals surface area contributed by atoms with E-state index in [0.717, 1.165) is 33.5 Å². The molecule has 0 aliphatic rings. The van der Waals surface area contributed by atoms with Crippen LogP contribution in [0.15, 0.2) is 127 Å². The zero-order chi connectivity index (χ0) is 22.5. The molecule has 0 aliphatic carbocycles. The van der Waals surface area contributed by atoms with E-state index in [-0.39, 0.29) is 0 Å². The third-order valence-electron chi connectivity index (χ3n) is 6.54. The molecule has 0 saturated heterocycles. The second-order valence-corrected chi connectivity index (χ2v) is 8.55. The van der Waals surface area contributed by atoms with E-state index >= 15 is 0 Å². The number of aromatic nitrogens is 3. The standard InChI is InChI=1S/C31H21N3/c1-2-9-22(10-3-1)23-17-19-24(20-18-23)25-11-8-12-26(21-25)33-29-15-6-7-16-30(29)34-28-14-5-4-13-27(28)32-31(33)34/h1-21H. The molecule has 0 atom stereocenters. The quantitative estimate of drug-likeness (QED) is 0.278. The van der Waals surface area contributed by atoms with E-state index < -0.39 is 0 Å². The molecular weight excluding hydrogens is 414 g/mol. The SMILES string of the molecule is c1ccc(-c2ccc(-c3cccc(-n4c5ccccc5n5c6ccccc6nc45)c3)cc2)cc1. The van der Waals surface area contributed by atoms with Crippen molar-refractivity contribution < 1.29 is 0 Å². The maximum absolute atomic E-state index is 5.00. The van der Waals surface area contributed by atoms with Gasteiger partial charge in [0.25, 0.3) is 0 Å². The molecule has 0 N–H and O–H groups in total. The Morgan fingerprint density at radius 1 is 0.441 bits per heavy atom. The van der Waals surface area contributed by atoms with Gasteiger partial charge in [0.1, 0.15) is 0 Å². The lowest BCUT2D eigenvalue weighted by Crippen LogP contribution is -1.95. The molecule has 0 fully saturated rings. The van der Waals surface area contributed by atoms with Crippen LogP contribution in [0.2, 0.25) is 0 Å². The number of para-hydroxylation sites is 4.